The molecule has 0 amide bonds. The van der Waals surface area contributed by atoms with E-state index in [1.165, 1.54) is 42.1 Å². The molecular formula is C39H56O4. The Hall–Kier alpha value is -2.49. The van der Waals surface area contributed by atoms with Gasteiger partial charge in [0.2, 0.25) is 0 Å². The van der Waals surface area contributed by atoms with E-state index in [1.807, 2.05) is 6.08 Å². The molecule has 0 bridgehead atoms. The smallest absolute Gasteiger partial charge is 0.303 e. The van der Waals surface area contributed by atoms with E-state index in [9.17, 15) is 14.4 Å². The minimum atomic E-state index is -0.990. The third kappa shape index (κ3) is 6.50. The second-order valence-corrected chi connectivity index (χ2v) is 15.5. The SMILES string of the molecule is CC(=O)OC1(C(C)=O)CCC2C3C=C(C)C4=CC(=O)CCC4(C)C3CCC21C.CC1=CCCC(C)=CCC(C)(C)C=CC1. The minimum Gasteiger partial charge on any atom is -0.451 e. The van der Waals surface area contributed by atoms with E-state index in [1.54, 1.807) is 6.92 Å². The summed E-state index contributed by atoms with van der Waals surface area (Å²) in [6.07, 6.45) is 23.3. The molecule has 6 unspecified atom stereocenters. The highest BCUT2D eigenvalue weighted by Gasteiger charge is 2.67. The van der Waals surface area contributed by atoms with Crippen molar-refractivity contribution in [2.24, 2.45) is 34.0 Å². The summed E-state index contributed by atoms with van der Waals surface area (Å²) in [5.74, 6) is 1.03. The highest BCUT2D eigenvalue weighted by atomic mass is 16.6. The van der Waals surface area contributed by atoms with Gasteiger partial charge < -0.3 is 4.74 Å². The Bertz CT molecular complexity index is 1290. The molecule has 0 saturated heterocycles. The van der Waals surface area contributed by atoms with Crippen LogP contribution in [0.5, 0.6) is 0 Å². The molecule has 4 heteroatoms. The van der Waals surface area contributed by atoms with Crippen LogP contribution in [0, 0.1) is 34.0 Å². The number of allylic oxidation sites excluding steroid dienone is 10. The minimum absolute atomic E-state index is 0.0160. The number of rotatable bonds is 2. The standard InChI is InChI=1S/C24H32O4.C15H24/c1-14-12-18-19(22(4)9-6-17(27)13-21(14)22)7-10-23(5)20(18)8-11-24(23,15(2)25)28-16(3)26;1-13-7-5-8-14(2)10-12-15(3,4)11-6-9-13/h12-13,18-20H,6-11H2,1-5H3;6-7,10-11H,5,8-9,12H2,1-4H3. The van der Waals surface area contributed by atoms with Crippen molar-refractivity contribution in [3.8, 4) is 0 Å². The lowest BCUT2D eigenvalue weighted by Crippen LogP contribution is -2.58. The predicted octanol–water partition coefficient (Wildman–Crippen LogP) is 9.61. The summed E-state index contributed by atoms with van der Waals surface area (Å²) < 4.78 is 5.82. The van der Waals surface area contributed by atoms with Crippen LogP contribution in [0.4, 0.5) is 0 Å². The molecule has 0 heterocycles. The Labute approximate surface area is 261 Å². The molecule has 236 valence electrons. The number of carbonyl (C=O) groups excluding carboxylic acids is 3. The summed E-state index contributed by atoms with van der Waals surface area (Å²) in [7, 11) is 0. The van der Waals surface area contributed by atoms with Gasteiger partial charge in [0.05, 0.1) is 0 Å². The third-order valence-electron chi connectivity index (χ3n) is 11.9. The normalized spacial score (nSPS) is 37.0. The van der Waals surface area contributed by atoms with Crippen molar-refractivity contribution in [2.75, 3.05) is 0 Å². The number of fused-ring (bicyclic) bond motifs is 5. The number of Topliss-reactive ketones (excluding diaryl/α,β-unsaturated/α-hetero) is 1. The van der Waals surface area contributed by atoms with Gasteiger partial charge >= 0.3 is 5.97 Å². The maximum absolute atomic E-state index is 12.8. The fraction of sp³-hybridized carbons (Fsp3) is 0.667. The summed E-state index contributed by atoms with van der Waals surface area (Å²) in [4.78, 5) is 36.8. The van der Waals surface area contributed by atoms with Crippen LogP contribution in [-0.4, -0.2) is 23.1 Å². The van der Waals surface area contributed by atoms with Gasteiger partial charge in [0.1, 0.15) is 0 Å². The highest BCUT2D eigenvalue weighted by molar-refractivity contribution is 5.92. The Morgan fingerprint density at radius 1 is 0.884 bits per heavy atom. The van der Waals surface area contributed by atoms with E-state index >= 15 is 0 Å². The first-order valence-corrected chi connectivity index (χ1v) is 16.7. The number of ketones is 2. The molecule has 0 aromatic rings. The largest absolute Gasteiger partial charge is 0.451 e. The van der Waals surface area contributed by atoms with Gasteiger partial charge in [-0.05, 0) is 126 Å². The first kappa shape index (κ1) is 33.4. The number of hydrogen-bond acceptors (Lipinski definition) is 4. The molecule has 2 fully saturated rings. The van der Waals surface area contributed by atoms with Crippen molar-refractivity contribution in [1.82, 2.24) is 0 Å². The van der Waals surface area contributed by atoms with Crippen molar-refractivity contribution >= 4 is 17.5 Å². The van der Waals surface area contributed by atoms with Gasteiger partial charge in [-0.15, -0.1) is 0 Å². The van der Waals surface area contributed by atoms with Crippen molar-refractivity contribution in [3.63, 3.8) is 0 Å². The van der Waals surface area contributed by atoms with Gasteiger partial charge in [0.15, 0.2) is 17.2 Å². The fourth-order valence-corrected chi connectivity index (χ4v) is 9.28. The number of ether oxygens (including phenoxy) is 1. The van der Waals surface area contributed by atoms with Crippen LogP contribution in [0.25, 0.3) is 0 Å². The van der Waals surface area contributed by atoms with Crippen LogP contribution >= 0.6 is 0 Å². The molecule has 2 saturated carbocycles. The molecule has 0 N–H and O–H groups in total. The lowest BCUT2D eigenvalue weighted by Gasteiger charge is -2.58. The van der Waals surface area contributed by atoms with Crippen LogP contribution in [0.15, 0.2) is 58.7 Å². The summed E-state index contributed by atoms with van der Waals surface area (Å²) in [5.41, 5.74) is 4.49. The quantitative estimate of drug-likeness (QED) is 0.238. The molecular weight excluding hydrogens is 532 g/mol. The van der Waals surface area contributed by atoms with E-state index < -0.39 is 5.60 Å². The molecule has 0 aromatic heterocycles. The monoisotopic (exact) mass is 588 g/mol. The topological polar surface area (TPSA) is 60.4 Å². The van der Waals surface area contributed by atoms with Crippen LogP contribution in [0.2, 0.25) is 0 Å². The fourth-order valence-electron chi connectivity index (χ4n) is 9.28. The molecule has 5 rings (SSSR count). The Balaban J connectivity index is 0.000000239. The van der Waals surface area contributed by atoms with Crippen molar-refractivity contribution < 1.29 is 19.1 Å². The van der Waals surface area contributed by atoms with Crippen LogP contribution in [0.3, 0.4) is 0 Å². The highest BCUT2D eigenvalue weighted by Crippen LogP contribution is 2.67. The zero-order valence-corrected chi connectivity index (χ0v) is 28.4. The van der Waals surface area contributed by atoms with E-state index in [0.717, 1.165) is 38.5 Å². The Morgan fingerprint density at radius 2 is 1.58 bits per heavy atom. The molecule has 6 atom stereocenters. The van der Waals surface area contributed by atoms with Gasteiger partial charge in [0.25, 0.3) is 0 Å². The van der Waals surface area contributed by atoms with E-state index in [-0.39, 0.29) is 28.4 Å². The Morgan fingerprint density at radius 3 is 2.26 bits per heavy atom. The molecule has 0 aliphatic heterocycles. The van der Waals surface area contributed by atoms with Gasteiger partial charge in [-0.1, -0.05) is 74.8 Å². The van der Waals surface area contributed by atoms with Crippen LogP contribution < -0.4 is 0 Å². The van der Waals surface area contributed by atoms with Gasteiger partial charge in [-0.3, -0.25) is 14.4 Å². The van der Waals surface area contributed by atoms with Gasteiger partial charge in [0, 0.05) is 18.8 Å². The van der Waals surface area contributed by atoms with Crippen molar-refractivity contribution in [1.29, 1.82) is 0 Å². The first-order chi connectivity index (χ1) is 20.0. The zero-order chi connectivity index (χ0) is 31.8. The van der Waals surface area contributed by atoms with E-state index in [4.69, 9.17) is 4.74 Å². The second kappa shape index (κ2) is 12.5. The molecule has 43 heavy (non-hydrogen) atoms. The first-order valence-electron chi connectivity index (χ1n) is 16.7. The van der Waals surface area contributed by atoms with Crippen LogP contribution in [0.1, 0.15) is 127 Å². The summed E-state index contributed by atoms with van der Waals surface area (Å²) in [6.45, 7) is 18.7. The summed E-state index contributed by atoms with van der Waals surface area (Å²) >= 11 is 0. The van der Waals surface area contributed by atoms with Crippen LogP contribution in [-0.2, 0) is 19.1 Å². The Kier molecular flexibility index (Phi) is 9.70. The number of esters is 1. The van der Waals surface area contributed by atoms with E-state index in [2.05, 4.69) is 78.8 Å². The number of hydrogen-bond donors (Lipinski definition) is 0. The molecule has 4 nitrogen and oxygen atoms in total. The maximum atomic E-state index is 12.8. The van der Waals surface area contributed by atoms with Gasteiger partial charge in [-0.2, -0.15) is 0 Å². The number of carbonyl (C=O) groups is 3. The summed E-state index contributed by atoms with van der Waals surface area (Å²) in [6, 6.07) is 0. The average Bonchev–Trinajstić information content (AvgIpc) is 3.20. The molecule has 5 aliphatic rings. The average molecular weight is 589 g/mol. The molecule has 0 spiro atoms. The molecule has 0 aromatic carbocycles. The zero-order valence-electron chi connectivity index (χ0n) is 28.4. The van der Waals surface area contributed by atoms with Gasteiger partial charge in [-0.25, -0.2) is 0 Å². The summed E-state index contributed by atoms with van der Waals surface area (Å²) in [5, 5.41) is 0. The van der Waals surface area contributed by atoms with Crippen molar-refractivity contribution in [2.45, 2.75) is 132 Å². The predicted molar refractivity (Wildman–Crippen MR) is 175 cm³/mol. The molecule has 0 radical (unpaired) electrons. The second-order valence-electron chi connectivity index (χ2n) is 15.5. The van der Waals surface area contributed by atoms with Crippen molar-refractivity contribution in [3.05, 3.63) is 58.7 Å². The molecule has 5 aliphatic carbocycles. The lowest BCUT2D eigenvalue weighted by atomic mass is 9.47. The third-order valence-corrected chi connectivity index (χ3v) is 11.9. The van der Waals surface area contributed by atoms with E-state index in [0.29, 0.717) is 36.0 Å². The maximum Gasteiger partial charge on any atom is 0.303 e. The lowest BCUT2D eigenvalue weighted by molar-refractivity contribution is -0.185.